The number of alkyl carbamates (subject to hydrolysis) is 1. The van der Waals surface area contributed by atoms with E-state index in [1.54, 1.807) is 47.5 Å². The molecule has 0 aliphatic heterocycles. The first kappa shape index (κ1) is 36.5. The Morgan fingerprint density at radius 1 is 0.816 bits per heavy atom. The molecule has 0 aliphatic carbocycles. The van der Waals surface area contributed by atoms with Crippen LogP contribution in [-0.4, -0.2) is 65.5 Å². The van der Waals surface area contributed by atoms with Crippen LogP contribution >= 0.6 is 0 Å². The van der Waals surface area contributed by atoms with Crippen LogP contribution in [0.3, 0.4) is 0 Å². The summed E-state index contributed by atoms with van der Waals surface area (Å²) in [7, 11) is 3.23. The molecular formula is C37H45N5O7. The predicted molar refractivity (Wildman–Crippen MR) is 186 cm³/mol. The number of hydrogen-bond donors (Lipinski definition) is 3. The van der Waals surface area contributed by atoms with Gasteiger partial charge in [0.1, 0.15) is 28.7 Å². The second-order valence-electron chi connectivity index (χ2n) is 12.9. The number of nitrogens with one attached hydrogen (secondary N) is 3. The molecule has 0 spiro atoms. The first-order valence-electron chi connectivity index (χ1n) is 15.8. The van der Waals surface area contributed by atoms with E-state index in [4.69, 9.17) is 18.9 Å². The van der Waals surface area contributed by atoms with Gasteiger partial charge in [0.25, 0.3) is 5.91 Å². The summed E-state index contributed by atoms with van der Waals surface area (Å²) >= 11 is 0. The Labute approximate surface area is 287 Å². The average molecular weight is 672 g/mol. The van der Waals surface area contributed by atoms with Gasteiger partial charge in [-0.05, 0) is 75.6 Å². The molecule has 0 saturated carbocycles. The van der Waals surface area contributed by atoms with Crippen molar-refractivity contribution in [1.82, 2.24) is 20.2 Å². The monoisotopic (exact) mass is 671 g/mol. The molecule has 4 rings (SSSR count). The maximum absolute atomic E-state index is 13.7. The van der Waals surface area contributed by atoms with Crippen molar-refractivity contribution in [2.45, 2.75) is 64.4 Å². The van der Waals surface area contributed by atoms with Crippen LogP contribution in [0.15, 0.2) is 91.4 Å². The number of ether oxygens (including phenoxy) is 4. The molecule has 1 heterocycles. The number of anilines is 1. The standard InChI is InChI=1S/C37H45N5O7/c1-36(2,3)49-35(45)41-37(4,5)34(44)39-30(23-48-22-25-11-9-8-10-12-25)33(43)40-31-21-42(24-38-31)32(26-13-17-28(46-6)18-14-26)27-15-19-29(47-7)20-16-27/h8-21,24,30,32H,22-23H2,1-7H3,(H,39,44)(H,40,43)(H,41,45). The van der Waals surface area contributed by atoms with Gasteiger partial charge in [-0.3, -0.25) is 9.59 Å². The summed E-state index contributed by atoms with van der Waals surface area (Å²) in [6.07, 6.45) is 2.58. The van der Waals surface area contributed by atoms with Gasteiger partial charge in [0.2, 0.25) is 5.91 Å². The third-order valence-electron chi connectivity index (χ3n) is 7.41. The zero-order valence-electron chi connectivity index (χ0n) is 29.0. The Kier molecular flexibility index (Phi) is 12.0. The first-order chi connectivity index (χ1) is 23.3. The summed E-state index contributed by atoms with van der Waals surface area (Å²) in [5.74, 6) is 0.563. The third kappa shape index (κ3) is 10.6. The van der Waals surface area contributed by atoms with Gasteiger partial charge in [0.15, 0.2) is 5.82 Å². The molecule has 1 atom stereocenters. The summed E-state index contributed by atoms with van der Waals surface area (Å²) < 4.78 is 23.8. The Morgan fingerprint density at radius 3 is 1.92 bits per heavy atom. The van der Waals surface area contributed by atoms with E-state index in [1.807, 2.05) is 83.4 Å². The highest BCUT2D eigenvalue weighted by atomic mass is 16.6. The smallest absolute Gasteiger partial charge is 0.408 e. The molecule has 0 fully saturated rings. The minimum Gasteiger partial charge on any atom is -0.497 e. The second-order valence-corrected chi connectivity index (χ2v) is 12.9. The molecule has 0 aliphatic rings. The quantitative estimate of drug-likeness (QED) is 0.160. The van der Waals surface area contributed by atoms with E-state index in [1.165, 1.54) is 13.8 Å². The Bertz CT molecular complexity index is 1630. The van der Waals surface area contributed by atoms with E-state index in [2.05, 4.69) is 20.9 Å². The van der Waals surface area contributed by atoms with E-state index in [0.717, 1.165) is 28.2 Å². The Hall–Kier alpha value is -5.36. The van der Waals surface area contributed by atoms with Crippen LogP contribution < -0.4 is 25.4 Å². The van der Waals surface area contributed by atoms with Gasteiger partial charge in [-0.1, -0.05) is 54.6 Å². The number of nitrogens with zero attached hydrogens (tertiary/aromatic N) is 2. The average Bonchev–Trinajstić information content (AvgIpc) is 3.51. The summed E-state index contributed by atoms with van der Waals surface area (Å²) in [4.78, 5) is 44.0. The molecule has 4 aromatic rings. The highest BCUT2D eigenvalue weighted by molar-refractivity contribution is 5.98. The van der Waals surface area contributed by atoms with Crippen LogP contribution in [0, 0.1) is 0 Å². The zero-order valence-corrected chi connectivity index (χ0v) is 29.0. The molecular weight excluding hydrogens is 626 g/mol. The normalized spacial score (nSPS) is 12.2. The van der Waals surface area contributed by atoms with Crippen LogP contribution in [0.2, 0.25) is 0 Å². The maximum Gasteiger partial charge on any atom is 0.408 e. The fourth-order valence-electron chi connectivity index (χ4n) is 4.87. The maximum atomic E-state index is 13.7. The number of benzene rings is 3. The summed E-state index contributed by atoms with van der Waals surface area (Å²) in [6.45, 7) is 8.29. The van der Waals surface area contributed by atoms with Crippen molar-refractivity contribution in [3.63, 3.8) is 0 Å². The zero-order chi connectivity index (χ0) is 35.6. The lowest BCUT2D eigenvalue weighted by Gasteiger charge is -2.29. The number of methoxy groups -OCH3 is 2. The largest absolute Gasteiger partial charge is 0.497 e. The molecule has 0 radical (unpaired) electrons. The van der Waals surface area contributed by atoms with Crippen molar-refractivity contribution >= 4 is 23.7 Å². The SMILES string of the molecule is COc1ccc(C(c2ccc(OC)cc2)n2cnc(NC(=O)C(COCc3ccccc3)NC(=O)C(C)(C)NC(=O)OC(C)(C)C)c2)cc1. The second kappa shape index (κ2) is 16.2. The highest BCUT2D eigenvalue weighted by Crippen LogP contribution is 2.30. The molecule has 3 aromatic carbocycles. The first-order valence-corrected chi connectivity index (χ1v) is 15.8. The van der Waals surface area contributed by atoms with Crippen molar-refractivity contribution in [2.75, 3.05) is 26.1 Å². The minimum atomic E-state index is -1.41. The number of carbonyl (C=O) groups excluding carboxylic acids is 3. The number of hydrogen-bond acceptors (Lipinski definition) is 8. The Balaban J connectivity index is 1.54. The van der Waals surface area contributed by atoms with Gasteiger partial charge in [0.05, 0.1) is 39.8 Å². The van der Waals surface area contributed by atoms with Crippen molar-refractivity contribution < 1.29 is 33.3 Å². The fraction of sp³-hybridized carbons (Fsp3) is 0.351. The summed E-state index contributed by atoms with van der Waals surface area (Å²) in [6, 6.07) is 23.4. The summed E-state index contributed by atoms with van der Waals surface area (Å²) in [5.41, 5.74) is 0.655. The third-order valence-corrected chi connectivity index (χ3v) is 7.41. The van der Waals surface area contributed by atoms with Crippen molar-refractivity contribution in [3.8, 4) is 11.5 Å². The molecule has 260 valence electrons. The lowest BCUT2D eigenvalue weighted by molar-refractivity contribution is -0.131. The van der Waals surface area contributed by atoms with E-state index < -0.39 is 35.1 Å². The van der Waals surface area contributed by atoms with Crippen LogP contribution in [0.25, 0.3) is 0 Å². The van der Waals surface area contributed by atoms with Gasteiger partial charge in [-0.15, -0.1) is 0 Å². The van der Waals surface area contributed by atoms with E-state index in [-0.39, 0.29) is 25.1 Å². The number of rotatable bonds is 14. The molecule has 1 aromatic heterocycles. The predicted octanol–water partition coefficient (Wildman–Crippen LogP) is 5.48. The minimum absolute atomic E-state index is 0.143. The molecule has 12 heteroatoms. The van der Waals surface area contributed by atoms with Crippen LogP contribution in [0.1, 0.15) is 57.4 Å². The van der Waals surface area contributed by atoms with Crippen LogP contribution in [-0.2, 0) is 25.7 Å². The molecule has 12 nitrogen and oxygen atoms in total. The summed E-state index contributed by atoms with van der Waals surface area (Å²) in [5, 5.41) is 8.12. The molecule has 3 amide bonds. The van der Waals surface area contributed by atoms with E-state index >= 15 is 0 Å². The van der Waals surface area contributed by atoms with Crippen LogP contribution in [0.5, 0.6) is 11.5 Å². The molecule has 3 N–H and O–H groups in total. The number of imidazole rings is 1. The van der Waals surface area contributed by atoms with Gasteiger partial charge in [0, 0.05) is 6.20 Å². The number of amides is 3. The topological polar surface area (TPSA) is 142 Å². The molecule has 0 bridgehead atoms. The van der Waals surface area contributed by atoms with Crippen molar-refractivity contribution in [1.29, 1.82) is 0 Å². The lowest BCUT2D eigenvalue weighted by atomic mass is 9.98. The van der Waals surface area contributed by atoms with E-state index in [0.29, 0.717) is 0 Å². The number of carbonyl (C=O) groups is 3. The van der Waals surface area contributed by atoms with Gasteiger partial charge in [-0.2, -0.15) is 0 Å². The molecule has 49 heavy (non-hydrogen) atoms. The van der Waals surface area contributed by atoms with Gasteiger partial charge in [-0.25, -0.2) is 9.78 Å². The van der Waals surface area contributed by atoms with Gasteiger partial charge >= 0.3 is 6.09 Å². The molecule has 0 saturated heterocycles. The van der Waals surface area contributed by atoms with Gasteiger partial charge < -0.3 is 39.5 Å². The van der Waals surface area contributed by atoms with Crippen molar-refractivity contribution in [3.05, 3.63) is 108 Å². The van der Waals surface area contributed by atoms with Crippen LogP contribution in [0.4, 0.5) is 10.6 Å². The van der Waals surface area contributed by atoms with E-state index in [9.17, 15) is 14.4 Å². The lowest BCUT2D eigenvalue weighted by Crippen LogP contribution is -2.59. The molecule has 1 unspecified atom stereocenters. The van der Waals surface area contributed by atoms with Crippen molar-refractivity contribution in [2.24, 2.45) is 0 Å². The Morgan fingerprint density at radius 2 is 1.39 bits per heavy atom. The fourth-order valence-corrected chi connectivity index (χ4v) is 4.87. The highest BCUT2D eigenvalue weighted by Gasteiger charge is 2.34. The number of aromatic nitrogens is 2.